The van der Waals surface area contributed by atoms with E-state index in [9.17, 15) is 19.2 Å². The first-order chi connectivity index (χ1) is 15.0. The molecule has 0 unspecified atom stereocenters. The maximum Gasteiger partial charge on any atom is 0.339 e. The number of hydrogen-bond acceptors (Lipinski definition) is 5. The Kier molecular flexibility index (Phi) is 5.45. The minimum absolute atomic E-state index is 0.0107. The molecule has 0 atom stereocenters. The van der Waals surface area contributed by atoms with Crippen LogP contribution in [0.4, 0.5) is 0 Å². The van der Waals surface area contributed by atoms with Crippen molar-refractivity contribution in [1.82, 2.24) is 5.32 Å². The van der Waals surface area contributed by atoms with Gasteiger partial charge in [-0.15, -0.1) is 0 Å². The number of fused-ring (bicyclic) bond motifs is 2. The van der Waals surface area contributed by atoms with Gasteiger partial charge in [0.2, 0.25) is 0 Å². The zero-order chi connectivity index (χ0) is 22.0. The van der Waals surface area contributed by atoms with Crippen molar-refractivity contribution in [1.29, 1.82) is 0 Å². The molecule has 0 aromatic heterocycles. The van der Waals surface area contributed by atoms with Crippen LogP contribution in [0.5, 0.6) is 0 Å². The molecule has 154 valence electrons. The summed E-state index contributed by atoms with van der Waals surface area (Å²) in [5, 5.41) is 2.70. The highest BCUT2D eigenvalue weighted by Gasteiger charge is 2.33. The molecule has 3 aromatic carbocycles. The third kappa shape index (κ3) is 3.88. The van der Waals surface area contributed by atoms with Crippen LogP contribution in [0.1, 0.15) is 53.3 Å². The smallest absolute Gasteiger partial charge is 0.339 e. The fourth-order valence-corrected chi connectivity index (χ4v) is 3.58. The van der Waals surface area contributed by atoms with Crippen LogP contribution in [0.2, 0.25) is 0 Å². The molecular formula is C25H19NO5. The van der Waals surface area contributed by atoms with Gasteiger partial charge in [0.1, 0.15) is 0 Å². The number of hydrogen-bond donors (Lipinski definition) is 1. The molecule has 3 aromatic rings. The van der Waals surface area contributed by atoms with E-state index in [0.29, 0.717) is 12.1 Å². The largest absolute Gasteiger partial charge is 0.452 e. The van der Waals surface area contributed by atoms with Crippen LogP contribution < -0.4 is 5.32 Å². The number of carbonyl (C=O) groups is 4. The van der Waals surface area contributed by atoms with Gasteiger partial charge in [-0.1, -0.05) is 60.7 Å². The second kappa shape index (κ2) is 8.36. The topological polar surface area (TPSA) is 89.5 Å². The van der Waals surface area contributed by atoms with Crippen LogP contribution in [0, 0.1) is 6.92 Å². The summed E-state index contributed by atoms with van der Waals surface area (Å²) in [5.74, 6) is -2.03. The number of nitrogens with one attached hydrogen (secondary N) is 1. The van der Waals surface area contributed by atoms with Crippen molar-refractivity contribution in [3.05, 3.63) is 106 Å². The number of amides is 1. The Morgan fingerprint density at radius 1 is 0.806 bits per heavy atom. The van der Waals surface area contributed by atoms with Crippen LogP contribution in [-0.2, 0) is 16.1 Å². The predicted octanol–water partition coefficient (Wildman–Crippen LogP) is 3.24. The van der Waals surface area contributed by atoms with Crippen LogP contribution in [0.25, 0.3) is 0 Å². The molecule has 0 saturated carbocycles. The number of aryl methyl sites for hydroxylation is 1. The fraction of sp³-hybridized carbons (Fsp3) is 0.120. The van der Waals surface area contributed by atoms with E-state index in [1.807, 2.05) is 31.2 Å². The highest BCUT2D eigenvalue weighted by Crippen LogP contribution is 2.29. The first-order valence-corrected chi connectivity index (χ1v) is 9.77. The standard InChI is InChI=1S/C25H19NO5/c1-15-7-2-3-8-16(15)13-26-21(27)14-31-25(30)20-12-6-11-19-22(20)24(29)18-10-5-4-9-17(18)23(19)28/h2-12H,13-14H2,1H3,(H,26,27). The van der Waals surface area contributed by atoms with E-state index in [-0.39, 0.29) is 28.0 Å². The summed E-state index contributed by atoms with van der Waals surface area (Å²) >= 11 is 0. The molecule has 6 heteroatoms. The van der Waals surface area contributed by atoms with Crippen LogP contribution in [0.15, 0.2) is 66.7 Å². The van der Waals surface area contributed by atoms with E-state index >= 15 is 0 Å². The SMILES string of the molecule is Cc1ccccc1CNC(=O)COC(=O)c1cccc2c1C(=O)c1ccccc1C2=O. The monoisotopic (exact) mass is 413 g/mol. The molecule has 0 heterocycles. The molecule has 0 spiro atoms. The zero-order valence-electron chi connectivity index (χ0n) is 16.8. The highest BCUT2D eigenvalue weighted by molar-refractivity contribution is 6.30. The average Bonchev–Trinajstić information content (AvgIpc) is 2.80. The van der Waals surface area contributed by atoms with Crippen molar-refractivity contribution in [2.24, 2.45) is 0 Å². The quantitative estimate of drug-likeness (QED) is 0.508. The average molecular weight is 413 g/mol. The first kappa shape index (κ1) is 20.2. The Bertz CT molecular complexity index is 1230. The van der Waals surface area contributed by atoms with Crippen molar-refractivity contribution >= 4 is 23.4 Å². The van der Waals surface area contributed by atoms with E-state index in [0.717, 1.165) is 11.1 Å². The molecule has 0 bridgehead atoms. The maximum absolute atomic E-state index is 13.0. The summed E-state index contributed by atoms with van der Waals surface area (Å²) in [4.78, 5) is 50.5. The van der Waals surface area contributed by atoms with E-state index in [1.54, 1.807) is 24.3 Å². The summed E-state index contributed by atoms with van der Waals surface area (Å²) in [5.41, 5.74) is 2.69. The second-order valence-corrected chi connectivity index (χ2v) is 7.21. The Balaban J connectivity index is 1.48. The van der Waals surface area contributed by atoms with Gasteiger partial charge in [-0.2, -0.15) is 0 Å². The molecule has 0 radical (unpaired) electrons. The predicted molar refractivity (Wildman–Crippen MR) is 113 cm³/mol. The van der Waals surface area contributed by atoms with E-state index < -0.39 is 24.3 Å². The fourth-order valence-electron chi connectivity index (χ4n) is 3.58. The number of ketones is 2. The minimum atomic E-state index is -0.830. The number of ether oxygens (including phenoxy) is 1. The Hall–Kier alpha value is -4.06. The molecule has 4 rings (SSSR count). The van der Waals surface area contributed by atoms with Gasteiger partial charge < -0.3 is 10.1 Å². The van der Waals surface area contributed by atoms with Gasteiger partial charge in [0.05, 0.1) is 5.56 Å². The van der Waals surface area contributed by atoms with Crippen molar-refractivity contribution in [3.8, 4) is 0 Å². The second-order valence-electron chi connectivity index (χ2n) is 7.21. The third-order valence-electron chi connectivity index (χ3n) is 5.24. The molecule has 1 aliphatic rings. The molecule has 6 nitrogen and oxygen atoms in total. The molecule has 1 N–H and O–H groups in total. The van der Waals surface area contributed by atoms with Crippen molar-refractivity contribution < 1.29 is 23.9 Å². The summed E-state index contributed by atoms with van der Waals surface area (Å²) in [7, 11) is 0. The zero-order valence-corrected chi connectivity index (χ0v) is 16.8. The van der Waals surface area contributed by atoms with E-state index in [4.69, 9.17) is 4.74 Å². The molecule has 1 amide bonds. The molecular weight excluding hydrogens is 394 g/mol. The number of benzene rings is 3. The van der Waals surface area contributed by atoms with Crippen molar-refractivity contribution in [2.45, 2.75) is 13.5 Å². The van der Waals surface area contributed by atoms with Gasteiger partial charge in [0.15, 0.2) is 18.2 Å². The van der Waals surface area contributed by atoms with E-state index in [2.05, 4.69) is 5.32 Å². The maximum atomic E-state index is 13.0. The van der Waals surface area contributed by atoms with Gasteiger partial charge in [0, 0.05) is 28.8 Å². The summed E-state index contributed by atoms with van der Waals surface area (Å²) in [6.45, 7) is 1.76. The Labute approximate surface area is 178 Å². The molecule has 31 heavy (non-hydrogen) atoms. The van der Waals surface area contributed by atoms with Gasteiger partial charge >= 0.3 is 5.97 Å². The van der Waals surface area contributed by atoms with Crippen molar-refractivity contribution in [3.63, 3.8) is 0 Å². The van der Waals surface area contributed by atoms with Crippen LogP contribution >= 0.6 is 0 Å². The van der Waals surface area contributed by atoms with Gasteiger partial charge in [-0.05, 0) is 24.1 Å². The lowest BCUT2D eigenvalue weighted by molar-refractivity contribution is -0.124. The van der Waals surface area contributed by atoms with Crippen LogP contribution in [0.3, 0.4) is 0 Å². The lowest BCUT2D eigenvalue weighted by atomic mass is 9.82. The normalized spacial score (nSPS) is 12.0. The number of carbonyl (C=O) groups excluding carboxylic acids is 4. The summed E-state index contributed by atoms with van der Waals surface area (Å²) in [6, 6.07) is 18.6. The Morgan fingerprint density at radius 3 is 2.19 bits per heavy atom. The number of rotatable bonds is 5. The highest BCUT2D eigenvalue weighted by atomic mass is 16.5. The van der Waals surface area contributed by atoms with Gasteiger partial charge in [0.25, 0.3) is 5.91 Å². The first-order valence-electron chi connectivity index (χ1n) is 9.77. The summed E-state index contributed by atoms with van der Waals surface area (Å²) in [6.07, 6.45) is 0. The summed E-state index contributed by atoms with van der Waals surface area (Å²) < 4.78 is 5.13. The molecule has 0 fully saturated rings. The van der Waals surface area contributed by atoms with Crippen LogP contribution in [-0.4, -0.2) is 30.0 Å². The van der Waals surface area contributed by atoms with Crippen molar-refractivity contribution in [2.75, 3.05) is 6.61 Å². The lowest BCUT2D eigenvalue weighted by Gasteiger charge is -2.19. The number of esters is 1. The molecule has 1 aliphatic carbocycles. The molecule has 0 aliphatic heterocycles. The lowest BCUT2D eigenvalue weighted by Crippen LogP contribution is -2.29. The van der Waals surface area contributed by atoms with Gasteiger partial charge in [-0.25, -0.2) is 4.79 Å². The molecule has 0 saturated heterocycles. The van der Waals surface area contributed by atoms with E-state index in [1.165, 1.54) is 18.2 Å². The Morgan fingerprint density at radius 2 is 1.45 bits per heavy atom. The minimum Gasteiger partial charge on any atom is -0.452 e. The van der Waals surface area contributed by atoms with Gasteiger partial charge in [-0.3, -0.25) is 14.4 Å². The third-order valence-corrected chi connectivity index (χ3v) is 5.24.